The molecule has 2 heterocycles. The molecule has 1 atom stereocenters. The highest BCUT2D eigenvalue weighted by Crippen LogP contribution is 2.18. The lowest BCUT2D eigenvalue weighted by molar-refractivity contribution is -0.130. The Bertz CT molecular complexity index is 555. The van der Waals surface area contributed by atoms with Gasteiger partial charge in [-0.1, -0.05) is 0 Å². The number of hydrogen-bond donors (Lipinski definition) is 2. The number of aromatic nitrogens is 1. The molecule has 1 aliphatic rings. The van der Waals surface area contributed by atoms with E-state index in [1.165, 1.54) is 17.7 Å². The highest BCUT2D eigenvalue weighted by atomic mass is 16.2. The van der Waals surface area contributed by atoms with Gasteiger partial charge in [-0.3, -0.25) is 4.79 Å². The standard InChI is InChI=1S/C16H25N5O2/c1-12(15(22)20(2)3)19-16(23)18-11-13-6-7-17-14(10-13)21-8-4-5-9-21/h6-7,10,12H,4-5,8-9,11H2,1-3H3,(H2,18,19,23). The van der Waals surface area contributed by atoms with Crippen LogP contribution in [0.25, 0.3) is 0 Å². The Labute approximate surface area is 137 Å². The van der Waals surface area contributed by atoms with Crippen LogP contribution in [0.2, 0.25) is 0 Å². The van der Waals surface area contributed by atoms with Gasteiger partial charge >= 0.3 is 6.03 Å². The maximum absolute atomic E-state index is 11.9. The molecule has 3 amide bonds. The molecule has 23 heavy (non-hydrogen) atoms. The number of pyridine rings is 1. The van der Waals surface area contributed by atoms with Crippen LogP contribution in [0, 0.1) is 0 Å². The fourth-order valence-electron chi connectivity index (χ4n) is 2.57. The Morgan fingerprint density at radius 2 is 2.04 bits per heavy atom. The van der Waals surface area contributed by atoms with Crippen molar-refractivity contribution in [2.24, 2.45) is 0 Å². The predicted octanol–water partition coefficient (Wildman–Crippen LogP) is 0.958. The van der Waals surface area contributed by atoms with Gasteiger partial charge in [0.15, 0.2) is 0 Å². The van der Waals surface area contributed by atoms with E-state index >= 15 is 0 Å². The number of carbonyl (C=O) groups is 2. The lowest BCUT2D eigenvalue weighted by Crippen LogP contribution is -2.47. The van der Waals surface area contributed by atoms with Gasteiger partial charge < -0.3 is 20.4 Å². The lowest BCUT2D eigenvalue weighted by Gasteiger charge is -2.19. The van der Waals surface area contributed by atoms with Crippen molar-refractivity contribution in [3.63, 3.8) is 0 Å². The Hall–Kier alpha value is -2.31. The second-order valence-corrected chi connectivity index (χ2v) is 6.00. The van der Waals surface area contributed by atoms with E-state index in [0.717, 1.165) is 24.5 Å². The highest BCUT2D eigenvalue weighted by molar-refractivity contribution is 5.86. The molecule has 0 aromatic carbocycles. The average molecular weight is 319 g/mol. The van der Waals surface area contributed by atoms with Gasteiger partial charge in [0.25, 0.3) is 0 Å². The van der Waals surface area contributed by atoms with Crippen LogP contribution in [0.3, 0.4) is 0 Å². The first-order valence-corrected chi connectivity index (χ1v) is 7.93. The van der Waals surface area contributed by atoms with Gasteiger partial charge in [-0.15, -0.1) is 0 Å². The Morgan fingerprint density at radius 3 is 2.70 bits per heavy atom. The van der Waals surface area contributed by atoms with Crippen LogP contribution in [-0.4, -0.2) is 55.0 Å². The molecule has 0 aliphatic carbocycles. The fraction of sp³-hybridized carbons (Fsp3) is 0.562. The molecule has 2 rings (SSSR count). The van der Waals surface area contributed by atoms with Crippen LogP contribution in [0.1, 0.15) is 25.3 Å². The summed E-state index contributed by atoms with van der Waals surface area (Å²) in [6, 6.07) is 2.98. The first-order valence-electron chi connectivity index (χ1n) is 7.93. The number of hydrogen-bond acceptors (Lipinski definition) is 4. The van der Waals surface area contributed by atoms with E-state index < -0.39 is 6.04 Å². The van der Waals surface area contributed by atoms with Gasteiger partial charge in [0.05, 0.1) is 0 Å². The van der Waals surface area contributed by atoms with Gasteiger partial charge in [-0.25, -0.2) is 9.78 Å². The number of nitrogens with one attached hydrogen (secondary N) is 2. The second-order valence-electron chi connectivity index (χ2n) is 6.00. The summed E-state index contributed by atoms with van der Waals surface area (Å²) in [7, 11) is 3.32. The van der Waals surface area contributed by atoms with Crippen LogP contribution in [0.4, 0.5) is 10.6 Å². The molecule has 0 spiro atoms. The average Bonchev–Trinajstić information content (AvgIpc) is 3.06. The quantitative estimate of drug-likeness (QED) is 0.847. The molecule has 1 aromatic heterocycles. The van der Waals surface area contributed by atoms with Crippen molar-refractivity contribution in [3.05, 3.63) is 23.9 Å². The lowest BCUT2D eigenvalue weighted by atomic mass is 10.2. The molecule has 1 aliphatic heterocycles. The van der Waals surface area contributed by atoms with E-state index in [9.17, 15) is 9.59 Å². The summed E-state index contributed by atoms with van der Waals surface area (Å²) in [5, 5.41) is 5.41. The van der Waals surface area contributed by atoms with Crippen molar-refractivity contribution < 1.29 is 9.59 Å². The molecule has 0 radical (unpaired) electrons. The number of amides is 3. The SMILES string of the molecule is CC(NC(=O)NCc1ccnc(N2CCCC2)c1)C(=O)N(C)C. The monoisotopic (exact) mass is 319 g/mol. The first kappa shape index (κ1) is 17.1. The molecular formula is C16H25N5O2. The molecule has 1 saturated heterocycles. The van der Waals surface area contributed by atoms with Crippen molar-refractivity contribution in [2.75, 3.05) is 32.1 Å². The Kier molecular flexibility index (Phi) is 5.78. The maximum atomic E-state index is 11.9. The Balaban J connectivity index is 1.84. The first-order chi connectivity index (χ1) is 11.0. The minimum absolute atomic E-state index is 0.139. The normalized spacial score (nSPS) is 15.2. The summed E-state index contributed by atoms with van der Waals surface area (Å²) >= 11 is 0. The number of rotatable bonds is 5. The molecular weight excluding hydrogens is 294 g/mol. The van der Waals surface area contributed by atoms with Crippen molar-refractivity contribution >= 4 is 17.8 Å². The second kappa shape index (κ2) is 7.80. The van der Waals surface area contributed by atoms with Gasteiger partial charge in [0, 0.05) is 39.9 Å². The van der Waals surface area contributed by atoms with Crippen LogP contribution in [0.5, 0.6) is 0 Å². The van der Waals surface area contributed by atoms with E-state index in [4.69, 9.17) is 0 Å². The molecule has 1 aromatic rings. The van der Waals surface area contributed by atoms with Crippen molar-refractivity contribution in [1.29, 1.82) is 0 Å². The van der Waals surface area contributed by atoms with Gasteiger partial charge in [-0.05, 0) is 37.5 Å². The molecule has 1 fully saturated rings. The summed E-state index contributed by atoms with van der Waals surface area (Å²) < 4.78 is 0. The summed E-state index contributed by atoms with van der Waals surface area (Å²) in [4.78, 5) is 31.7. The summed E-state index contributed by atoms with van der Waals surface area (Å²) in [6.45, 7) is 4.14. The summed E-state index contributed by atoms with van der Waals surface area (Å²) in [5.41, 5.74) is 0.989. The minimum atomic E-state index is -0.553. The third-order valence-corrected chi connectivity index (χ3v) is 3.85. The number of nitrogens with zero attached hydrogens (tertiary/aromatic N) is 3. The zero-order valence-electron chi connectivity index (χ0n) is 14.0. The van der Waals surface area contributed by atoms with Gasteiger partial charge in [-0.2, -0.15) is 0 Å². The van der Waals surface area contributed by atoms with Crippen molar-refractivity contribution in [3.8, 4) is 0 Å². The summed E-state index contributed by atoms with van der Waals surface area (Å²) in [6.07, 6.45) is 4.16. The topological polar surface area (TPSA) is 77.6 Å². The van der Waals surface area contributed by atoms with Gasteiger partial charge in [0.2, 0.25) is 5.91 Å². The van der Waals surface area contributed by atoms with Crippen molar-refractivity contribution in [2.45, 2.75) is 32.4 Å². The fourth-order valence-corrected chi connectivity index (χ4v) is 2.57. The van der Waals surface area contributed by atoms with Crippen molar-refractivity contribution in [1.82, 2.24) is 20.5 Å². The molecule has 0 bridgehead atoms. The molecule has 7 heteroatoms. The largest absolute Gasteiger partial charge is 0.357 e. The molecule has 0 saturated carbocycles. The van der Waals surface area contributed by atoms with E-state index in [1.807, 2.05) is 12.1 Å². The maximum Gasteiger partial charge on any atom is 0.315 e. The smallest absolute Gasteiger partial charge is 0.315 e. The van der Waals surface area contributed by atoms with E-state index in [2.05, 4.69) is 20.5 Å². The number of carbonyl (C=O) groups excluding carboxylic acids is 2. The number of likely N-dealkylation sites (N-methyl/N-ethyl adjacent to an activating group) is 1. The number of anilines is 1. The van der Waals surface area contributed by atoms with Gasteiger partial charge in [0.1, 0.15) is 11.9 Å². The van der Waals surface area contributed by atoms with Crippen LogP contribution in [-0.2, 0) is 11.3 Å². The van der Waals surface area contributed by atoms with E-state index in [0.29, 0.717) is 6.54 Å². The van der Waals surface area contributed by atoms with Crippen LogP contribution >= 0.6 is 0 Å². The molecule has 1 unspecified atom stereocenters. The number of urea groups is 1. The third-order valence-electron chi connectivity index (χ3n) is 3.85. The molecule has 126 valence electrons. The third kappa shape index (κ3) is 4.84. The van der Waals surface area contributed by atoms with Crippen LogP contribution in [0.15, 0.2) is 18.3 Å². The highest BCUT2D eigenvalue weighted by Gasteiger charge is 2.17. The minimum Gasteiger partial charge on any atom is -0.357 e. The van der Waals surface area contributed by atoms with E-state index in [-0.39, 0.29) is 11.9 Å². The zero-order valence-corrected chi connectivity index (χ0v) is 14.0. The predicted molar refractivity (Wildman–Crippen MR) is 89.2 cm³/mol. The molecule has 7 nitrogen and oxygen atoms in total. The zero-order chi connectivity index (χ0) is 16.8. The molecule has 2 N–H and O–H groups in total. The Morgan fingerprint density at radius 1 is 1.35 bits per heavy atom. The van der Waals surface area contributed by atoms with Crippen LogP contribution < -0.4 is 15.5 Å². The summed E-state index contributed by atoms with van der Waals surface area (Å²) in [5.74, 6) is 0.818. The van der Waals surface area contributed by atoms with E-state index in [1.54, 1.807) is 27.2 Å².